The molecule has 0 heterocycles. The number of carbonyl (C=O) groups is 1. The maximum atomic E-state index is 11.9. The molecule has 0 amide bonds. The highest BCUT2D eigenvalue weighted by molar-refractivity contribution is 5.98. The largest absolute Gasteiger partial charge is 0.396 e. The van der Waals surface area contributed by atoms with Crippen molar-refractivity contribution in [3.8, 4) is 0 Å². The molecule has 0 bridgehead atoms. The number of nitrogens with one attached hydrogen (secondary N) is 1. The zero-order valence-electron chi connectivity index (χ0n) is 9.10. The molecule has 0 aliphatic rings. The molecule has 0 fully saturated rings. The summed E-state index contributed by atoms with van der Waals surface area (Å²) in [6.07, 6.45) is 0. The van der Waals surface area contributed by atoms with E-state index in [1.807, 2.05) is 6.07 Å². The van der Waals surface area contributed by atoms with Crippen molar-refractivity contribution in [3.05, 3.63) is 35.9 Å². The molecular formula is C12H17NO3. The summed E-state index contributed by atoms with van der Waals surface area (Å²) in [6, 6.07) is 8.90. The smallest absolute Gasteiger partial charge is 0.169 e. The van der Waals surface area contributed by atoms with Crippen LogP contribution in [0.25, 0.3) is 0 Å². The average molecular weight is 223 g/mol. The molecule has 0 saturated heterocycles. The van der Waals surface area contributed by atoms with E-state index in [2.05, 4.69) is 5.32 Å². The van der Waals surface area contributed by atoms with Gasteiger partial charge in [0.05, 0.1) is 19.1 Å². The van der Waals surface area contributed by atoms with Gasteiger partial charge in [0.2, 0.25) is 0 Å². The van der Waals surface area contributed by atoms with Crippen molar-refractivity contribution in [3.63, 3.8) is 0 Å². The Morgan fingerprint density at radius 2 is 1.94 bits per heavy atom. The fraction of sp³-hybridized carbons (Fsp3) is 0.417. The molecule has 3 N–H and O–H groups in total. The Morgan fingerprint density at radius 1 is 1.25 bits per heavy atom. The second-order valence-electron chi connectivity index (χ2n) is 3.54. The van der Waals surface area contributed by atoms with Gasteiger partial charge in [-0.2, -0.15) is 0 Å². The third kappa shape index (κ3) is 3.73. The van der Waals surface area contributed by atoms with Crippen molar-refractivity contribution in [2.45, 2.75) is 0 Å². The Labute approximate surface area is 94.9 Å². The number of hydrogen-bond acceptors (Lipinski definition) is 4. The van der Waals surface area contributed by atoms with Gasteiger partial charge in [0.1, 0.15) is 0 Å². The predicted octanol–water partition coefficient (Wildman–Crippen LogP) is 0.0597. The lowest BCUT2D eigenvalue weighted by Gasteiger charge is -2.13. The molecule has 1 unspecified atom stereocenters. The minimum Gasteiger partial charge on any atom is -0.396 e. The predicted molar refractivity (Wildman–Crippen MR) is 61.3 cm³/mol. The van der Waals surface area contributed by atoms with Crippen LogP contribution in [0.4, 0.5) is 0 Å². The third-order valence-electron chi connectivity index (χ3n) is 2.33. The van der Waals surface area contributed by atoms with Gasteiger partial charge in [-0.1, -0.05) is 30.3 Å². The van der Waals surface area contributed by atoms with Crippen LogP contribution in [0.2, 0.25) is 0 Å². The minimum atomic E-state index is -0.450. The van der Waals surface area contributed by atoms with Crippen LogP contribution in [0.3, 0.4) is 0 Å². The van der Waals surface area contributed by atoms with Crippen LogP contribution in [0.1, 0.15) is 10.4 Å². The van der Waals surface area contributed by atoms with Crippen LogP contribution in [-0.2, 0) is 0 Å². The number of hydrogen-bond donors (Lipinski definition) is 3. The average Bonchev–Trinajstić information content (AvgIpc) is 2.35. The summed E-state index contributed by atoms with van der Waals surface area (Å²) < 4.78 is 0. The molecule has 1 aromatic rings. The molecule has 0 spiro atoms. The molecule has 0 saturated carbocycles. The van der Waals surface area contributed by atoms with Gasteiger partial charge >= 0.3 is 0 Å². The molecule has 16 heavy (non-hydrogen) atoms. The molecule has 0 aliphatic carbocycles. The summed E-state index contributed by atoms with van der Waals surface area (Å²) >= 11 is 0. The van der Waals surface area contributed by atoms with Gasteiger partial charge in [0, 0.05) is 18.7 Å². The first kappa shape index (κ1) is 12.8. The van der Waals surface area contributed by atoms with Crippen LogP contribution in [0.5, 0.6) is 0 Å². The zero-order valence-corrected chi connectivity index (χ0v) is 9.10. The van der Waals surface area contributed by atoms with Crippen LogP contribution >= 0.6 is 0 Å². The van der Waals surface area contributed by atoms with Gasteiger partial charge in [0.25, 0.3) is 0 Å². The summed E-state index contributed by atoms with van der Waals surface area (Å²) in [7, 11) is 0. The van der Waals surface area contributed by atoms with E-state index in [-0.39, 0.29) is 19.0 Å². The van der Waals surface area contributed by atoms with Crippen molar-refractivity contribution >= 4 is 5.78 Å². The van der Waals surface area contributed by atoms with Crippen LogP contribution in [0, 0.1) is 5.92 Å². The Morgan fingerprint density at radius 3 is 2.50 bits per heavy atom. The molecule has 88 valence electrons. The molecule has 1 atom stereocenters. The Bertz CT molecular complexity index is 313. The second-order valence-corrected chi connectivity index (χ2v) is 3.54. The lowest BCUT2D eigenvalue weighted by atomic mass is 9.98. The van der Waals surface area contributed by atoms with Crippen molar-refractivity contribution in [1.82, 2.24) is 5.32 Å². The standard InChI is InChI=1S/C12H17NO3/c14-7-6-13-8-11(9-15)12(16)10-4-2-1-3-5-10/h1-5,11,13-15H,6-9H2. The molecule has 4 nitrogen and oxygen atoms in total. The lowest BCUT2D eigenvalue weighted by molar-refractivity contribution is 0.0858. The quantitative estimate of drug-likeness (QED) is 0.451. The first-order chi connectivity index (χ1) is 7.79. The van der Waals surface area contributed by atoms with Crippen LogP contribution in [-0.4, -0.2) is 42.3 Å². The van der Waals surface area contributed by atoms with Crippen molar-refractivity contribution < 1.29 is 15.0 Å². The van der Waals surface area contributed by atoms with E-state index >= 15 is 0 Å². The van der Waals surface area contributed by atoms with E-state index in [0.29, 0.717) is 18.7 Å². The number of rotatable bonds is 7. The van der Waals surface area contributed by atoms with Gasteiger partial charge < -0.3 is 15.5 Å². The number of benzene rings is 1. The zero-order chi connectivity index (χ0) is 11.8. The molecule has 0 aliphatic heterocycles. The fourth-order valence-corrected chi connectivity index (χ4v) is 1.43. The van der Waals surface area contributed by atoms with E-state index in [0.717, 1.165) is 0 Å². The number of aliphatic hydroxyl groups excluding tert-OH is 2. The van der Waals surface area contributed by atoms with E-state index in [1.165, 1.54) is 0 Å². The van der Waals surface area contributed by atoms with Crippen LogP contribution in [0.15, 0.2) is 30.3 Å². The van der Waals surface area contributed by atoms with Crippen molar-refractivity contribution in [1.29, 1.82) is 0 Å². The highest BCUT2D eigenvalue weighted by Crippen LogP contribution is 2.07. The first-order valence-electron chi connectivity index (χ1n) is 5.31. The van der Waals surface area contributed by atoms with Gasteiger partial charge in [-0.3, -0.25) is 4.79 Å². The maximum Gasteiger partial charge on any atom is 0.169 e. The molecule has 0 radical (unpaired) electrons. The molecular weight excluding hydrogens is 206 g/mol. The first-order valence-corrected chi connectivity index (χ1v) is 5.31. The summed E-state index contributed by atoms with van der Waals surface area (Å²) in [5.74, 6) is -0.525. The van der Waals surface area contributed by atoms with Crippen molar-refractivity contribution in [2.24, 2.45) is 5.92 Å². The Kier molecular flexibility index (Phi) is 5.71. The number of Topliss-reactive ketones (excluding diaryl/α,β-unsaturated/α-hetero) is 1. The van der Waals surface area contributed by atoms with E-state index in [9.17, 15) is 4.79 Å². The van der Waals surface area contributed by atoms with Gasteiger partial charge in [-0.05, 0) is 0 Å². The molecule has 1 rings (SSSR count). The number of ketones is 1. The summed E-state index contributed by atoms with van der Waals surface area (Å²) in [4.78, 5) is 11.9. The van der Waals surface area contributed by atoms with Crippen molar-refractivity contribution in [2.75, 3.05) is 26.3 Å². The topological polar surface area (TPSA) is 69.6 Å². The molecule has 0 aromatic heterocycles. The number of carbonyl (C=O) groups excluding carboxylic acids is 1. The lowest BCUT2D eigenvalue weighted by Crippen LogP contribution is -2.32. The monoisotopic (exact) mass is 223 g/mol. The second kappa shape index (κ2) is 7.11. The highest BCUT2D eigenvalue weighted by atomic mass is 16.3. The molecule has 4 heteroatoms. The Balaban J connectivity index is 2.56. The van der Waals surface area contributed by atoms with Gasteiger partial charge in [-0.15, -0.1) is 0 Å². The van der Waals surface area contributed by atoms with Gasteiger partial charge in [0.15, 0.2) is 5.78 Å². The Hall–Kier alpha value is -1.23. The minimum absolute atomic E-state index is 0.0255. The normalized spacial score (nSPS) is 12.4. The maximum absolute atomic E-state index is 11.9. The fourth-order valence-electron chi connectivity index (χ4n) is 1.43. The third-order valence-corrected chi connectivity index (χ3v) is 2.33. The van der Waals surface area contributed by atoms with E-state index < -0.39 is 5.92 Å². The van der Waals surface area contributed by atoms with Gasteiger partial charge in [-0.25, -0.2) is 0 Å². The summed E-state index contributed by atoms with van der Waals surface area (Å²) in [5, 5.41) is 20.6. The van der Waals surface area contributed by atoms with E-state index in [1.54, 1.807) is 24.3 Å². The van der Waals surface area contributed by atoms with E-state index in [4.69, 9.17) is 10.2 Å². The number of aliphatic hydroxyl groups is 2. The summed E-state index contributed by atoms with van der Waals surface area (Å²) in [6.45, 7) is 0.646. The molecule has 1 aromatic carbocycles. The van der Waals surface area contributed by atoms with Crippen LogP contribution < -0.4 is 5.32 Å². The highest BCUT2D eigenvalue weighted by Gasteiger charge is 2.18. The summed E-state index contributed by atoms with van der Waals surface area (Å²) in [5.41, 5.74) is 0.604. The SMILES string of the molecule is O=C(c1ccccc1)C(CO)CNCCO.